The van der Waals surface area contributed by atoms with E-state index in [9.17, 15) is 4.79 Å². The summed E-state index contributed by atoms with van der Waals surface area (Å²) >= 11 is 1.19. The highest BCUT2D eigenvalue weighted by Crippen LogP contribution is 2.14. The van der Waals surface area contributed by atoms with E-state index in [1.807, 2.05) is 36.7 Å². The number of benzene rings is 1. The second-order valence-electron chi connectivity index (χ2n) is 4.74. The van der Waals surface area contributed by atoms with Gasteiger partial charge >= 0.3 is 4.87 Å². The molecule has 0 radical (unpaired) electrons. The van der Waals surface area contributed by atoms with Crippen molar-refractivity contribution in [1.82, 2.24) is 19.9 Å². The molecule has 0 fully saturated rings. The Hall–Kier alpha value is -2.18. The van der Waals surface area contributed by atoms with Crippen LogP contribution in [0.15, 0.2) is 46.7 Å². The molecule has 1 aromatic carbocycles. The highest BCUT2D eigenvalue weighted by Gasteiger charge is 2.08. The number of aryl methyl sites for hydroxylation is 1. The molecule has 0 saturated carbocycles. The number of aromatic amines is 1. The number of nitrogens with zero attached hydrogens (tertiary/aromatic N) is 2. The van der Waals surface area contributed by atoms with E-state index in [4.69, 9.17) is 0 Å². The first kappa shape index (κ1) is 13.8. The van der Waals surface area contributed by atoms with Gasteiger partial charge in [-0.15, -0.1) is 0 Å². The predicted molar refractivity (Wildman–Crippen MR) is 83.8 cm³/mol. The number of aromatic nitrogens is 3. The molecular formula is C15H16N4OS. The zero-order chi connectivity index (χ0) is 14.7. The highest BCUT2D eigenvalue weighted by atomic mass is 32.1. The lowest BCUT2D eigenvalue weighted by Crippen LogP contribution is -2.16. The van der Waals surface area contributed by atoms with E-state index in [-0.39, 0.29) is 4.87 Å². The maximum atomic E-state index is 11.1. The molecule has 108 valence electrons. The van der Waals surface area contributed by atoms with Crippen LogP contribution in [0, 0.1) is 6.92 Å². The second-order valence-corrected chi connectivity index (χ2v) is 5.59. The molecule has 0 aliphatic carbocycles. The summed E-state index contributed by atoms with van der Waals surface area (Å²) in [4.78, 5) is 18.3. The van der Waals surface area contributed by atoms with E-state index in [0.29, 0.717) is 13.1 Å². The smallest absolute Gasteiger partial charge is 0.304 e. The molecule has 2 heterocycles. The van der Waals surface area contributed by atoms with Crippen molar-refractivity contribution in [3.8, 4) is 5.69 Å². The summed E-state index contributed by atoms with van der Waals surface area (Å²) in [5, 5.41) is 5.17. The number of nitrogens with one attached hydrogen (secondary N) is 2. The molecule has 6 heteroatoms. The third kappa shape index (κ3) is 3.12. The van der Waals surface area contributed by atoms with Gasteiger partial charge in [-0.05, 0) is 19.1 Å². The summed E-state index contributed by atoms with van der Waals surface area (Å²) in [5.41, 5.74) is 3.11. The van der Waals surface area contributed by atoms with Crippen LogP contribution in [0.2, 0.25) is 0 Å². The molecule has 3 rings (SSSR count). The second kappa shape index (κ2) is 6.07. The van der Waals surface area contributed by atoms with Gasteiger partial charge in [0.25, 0.3) is 0 Å². The molecule has 0 unspecified atom stereocenters. The van der Waals surface area contributed by atoms with Crippen LogP contribution in [-0.2, 0) is 13.1 Å². The Labute approximate surface area is 126 Å². The standard InChI is InChI=1S/C15H16N4OS/c1-11-17-9-14(19(11)13-5-3-2-4-6-13)8-16-7-12-10-21-15(20)18-12/h2-6,9-10,16H,7-8H2,1H3,(H,18,20). The van der Waals surface area contributed by atoms with Gasteiger partial charge in [-0.1, -0.05) is 29.5 Å². The van der Waals surface area contributed by atoms with Crippen molar-refractivity contribution in [3.63, 3.8) is 0 Å². The molecule has 2 aromatic heterocycles. The van der Waals surface area contributed by atoms with E-state index in [0.717, 1.165) is 22.9 Å². The van der Waals surface area contributed by atoms with E-state index >= 15 is 0 Å². The Bertz CT molecular complexity index is 772. The average molecular weight is 300 g/mol. The highest BCUT2D eigenvalue weighted by molar-refractivity contribution is 7.07. The van der Waals surface area contributed by atoms with Crippen LogP contribution in [0.4, 0.5) is 0 Å². The molecule has 21 heavy (non-hydrogen) atoms. The van der Waals surface area contributed by atoms with E-state index < -0.39 is 0 Å². The van der Waals surface area contributed by atoms with Crippen molar-refractivity contribution in [3.05, 3.63) is 68.8 Å². The van der Waals surface area contributed by atoms with Gasteiger partial charge in [-0.25, -0.2) is 4.98 Å². The molecule has 2 N–H and O–H groups in total. The fourth-order valence-corrected chi connectivity index (χ4v) is 2.85. The first-order valence-electron chi connectivity index (χ1n) is 6.70. The number of imidazole rings is 1. The third-order valence-electron chi connectivity index (χ3n) is 3.22. The summed E-state index contributed by atoms with van der Waals surface area (Å²) in [6, 6.07) is 10.2. The zero-order valence-electron chi connectivity index (χ0n) is 11.7. The van der Waals surface area contributed by atoms with Crippen molar-refractivity contribution in [2.45, 2.75) is 20.0 Å². The monoisotopic (exact) mass is 300 g/mol. The first-order valence-corrected chi connectivity index (χ1v) is 7.58. The number of thiazole rings is 1. The van der Waals surface area contributed by atoms with Gasteiger partial charge in [0, 0.05) is 29.9 Å². The molecular weight excluding hydrogens is 284 g/mol. The number of rotatable bonds is 5. The molecule has 0 aliphatic rings. The fourth-order valence-electron chi connectivity index (χ4n) is 2.27. The Kier molecular flexibility index (Phi) is 3.98. The fraction of sp³-hybridized carbons (Fsp3) is 0.200. The number of para-hydroxylation sites is 1. The Morgan fingerprint density at radius 3 is 2.81 bits per heavy atom. The van der Waals surface area contributed by atoms with Crippen molar-refractivity contribution < 1.29 is 0 Å². The van der Waals surface area contributed by atoms with Crippen molar-refractivity contribution in [2.75, 3.05) is 0 Å². The molecule has 0 amide bonds. The third-order valence-corrected chi connectivity index (χ3v) is 3.94. The minimum atomic E-state index is -0.0167. The summed E-state index contributed by atoms with van der Waals surface area (Å²) in [7, 11) is 0. The normalized spacial score (nSPS) is 10.9. The summed E-state index contributed by atoms with van der Waals surface area (Å²) in [6.45, 7) is 3.32. The van der Waals surface area contributed by atoms with Crippen molar-refractivity contribution in [1.29, 1.82) is 0 Å². The molecule has 0 saturated heterocycles. The summed E-state index contributed by atoms with van der Waals surface area (Å²) in [5.74, 6) is 0.960. The van der Waals surface area contributed by atoms with Crippen LogP contribution in [0.5, 0.6) is 0 Å². The Balaban J connectivity index is 1.73. The van der Waals surface area contributed by atoms with E-state index in [1.54, 1.807) is 0 Å². The summed E-state index contributed by atoms with van der Waals surface area (Å²) in [6.07, 6.45) is 1.88. The minimum absolute atomic E-state index is 0.0167. The lowest BCUT2D eigenvalue weighted by molar-refractivity contribution is 0.658. The van der Waals surface area contributed by atoms with Crippen LogP contribution in [0.25, 0.3) is 5.69 Å². The van der Waals surface area contributed by atoms with Crippen LogP contribution >= 0.6 is 11.3 Å². The Morgan fingerprint density at radius 1 is 1.29 bits per heavy atom. The van der Waals surface area contributed by atoms with Gasteiger partial charge in [0.1, 0.15) is 5.82 Å². The molecule has 0 bridgehead atoms. The predicted octanol–water partition coefficient (Wildman–Crippen LogP) is 2.22. The molecule has 0 spiro atoms. The van der Waals surface area contributed by atoms with Gasteiger partial charge in [0.2, 0.25) is 0 Å². The zero-order valence-corrected chi connectivity index (χ0v) is 12.5. The van der Waals surface area contributed by atoms with Crippen molar-refractivity contribution in [2.24, 2.45) is 0 Å². The molecule has 3 aromatic rings. The van der Waals surface area contributed by atoms with Crippen LogP contribution in [0.1, 0.15) is 17.2 Å². The quantitative estimate of drug-likeness (QED) is 0.759. The number of hydrogen-bond acceptors (Lipinski definition) is 4. The van der Waals surface area contributed by atoms with E-state index in [2.05, 4.69) is 32.0 Å². The topological polar surface area (TPSA) is 62.7 Å². The maximum absolute atomic E-state index is 11.1. The van der Waals surface area contributed by atoms with Crippen LogP contribution in [-0.4, -0.2) is 14.5 Å². The van der Waals surface area contributed by atoms with Gasteiger partial charge in [0.15, 0.2) is 0 Å². The number of hydrogen-bond donors (Lipinski definition) is 2. The minimum Gasteiger partial charge on any atom is -0.315 e. The Morgan fingerprint density at radius 2 is 2.10 bits per heavy atom. The molecule has 0 aliphatic heterocycles. The maximum Gasteiger partial charge on any atom is 0.304 e. The van der Waals surface area contributed by atoms with Crippen molar-refractivity contribution >= 4 is 11.3 Å². The summed E-state index contributed by atoms with van der Waals surface area (Å²) < 4.78 is 2.13. The van der Waals surface area contributed by atoms with Gasteiger partial charge < -0.3 is 10.3 Å². The number of H-pyrrole nitrogens is 1. The molecule has 0 atom stereocenters. The SMILES string of the molecule is Cc1ncc(CNCc2csc(=O)[nH]2)n1-c1ccccc1. The van der Waals surface area contributed by atoms with Crippen LogP contribution < -0.4 is 10.2 Å². The van der Waals surface area contributed by atoms with E-state index in [1.165, 1.54) is 11.3 Å². The van der Waals surface area contributed by atoms with Gasteiger partial charge in [-0.2, -0.15) is 0 Å². The lowest BCUT2D eigenvalue weighted by atomic mass is 10.3. The lowest BCUT2D eigenvalue weighted by Gasteiger charge is -2.10. The van der Waals surface area contributed by atoms with Gasteiger partial charge in [0.05, 0.1) is 11.9 Å². The largest absolute Gasteiger partial charge is 0.315 e. The first-order chi connectivity index (χ1) is 10.2. The van der Waals surface area contributed by atoms with Crippen LogP contribution in [0.3, 0.4) is 0 Å². The van der Waals surface area contributed by atoms with Gasteiger partial charge in [-0.3, -0.25) is 9.36 Å². The average Bonchev–Trinajstić information content (AvgIpc) is 3.06. The molecule has 5 nitrogen and oxygen atoms in total.